The maximum absolute atomic E-state index is 13.6. The zero-order valence-electron chi connectivity index (χ0n) is 34.0. The lowest BCUT2D eigenvalue weighted by Crippen LogP contribution is -2.49. The number of aryl methyl sites for hydroxylation is 1. The average molecular weight is 795 g/mol. The lowest BCUT2D eigenvalue weighted by Gasteiger charge is -2.37. The number of likely N-dealkylation sites (tertiary alicyclic amines) is 2. The van der Waals surface area contributed by atoms with Gasteiger partial charge in [0.1, 0.15) is 17.2 Å². The van der Waals surface area contributed by atoms with E-state index >= 15 is 0 Å². The van der Waals surface area contributed by atoms with Crippen LogP contribution in [0.25, 0.3) is 21.9 Å². The molecule has 3 aliphatic rings. The lowest BCUT2D eigenvalue weighted by atomic mass is 9.97. The van der Waals surface area contributed by atoms with E-state index in [-0.39, 0.29) is 42.5 Å². The first-order valence-electron chi connectivity index (χ1n) is 20.4. The number of aromatic nitrogens is 2. The van der Waals surface area contributed by atoms with Crippen LogP contribution in [0.4, 0.5) is 10.5 Å². The molecule has 14 heteroatoms. The quantitative estimate of drug-likeness (QED) is 0.170. The number of hydrogen-bond donors (Lipinski definition) is 1. The maximum Gasteiger partial charge on any atom is 0.328 e. The van der Waals surface area contributed by atoms with E-state index in [1.807, 2.05) is 17.2 Å². The average Bonchev–Trinajstić information content (AvgIpc) is 3.25. The molecule has 0 saturated carbocycles. The molecular formula is C44H54N6O8. The molecule has 58 heavy (non-hydrogen) atoms. The number of nitrogens with zero attached hydrogens (tertiary/aromatic N) is 5. The number of unbranched alkanes of at least 4 members (excludes halogenated alkanes) is 1. The Bertz CT molecular complexity index is 2170. The minimum absolute atomic E-state index is 0.0314. The molecule has 3 fully saturated rings. The normalized spacial score (nSPS) is 17.1. The molecule has 14 nitrogen and oxygen atoms in total. The number of ether oxygens (including phenoxy) is 4. The molecule has 0 bridgehead atoms. The Kier molecular flexibility index (Phi) is 12.9. The zero-order valence-corrected chi connectivity index (χ0v) is 34.0. The fourth-order valence-corrected chi connectivity index (χ4v) is 8.37. The van der Waals surface area contributed by atoms with Crippen molar-refractivity contribution in [3.63, 3.8) is 0 Å². The van der Waals surface area contributed by atoms with Crippen molar-refractivity contribution in [1.29, 1.82) is 0 Å². The number of pyridine rings is 2. The first-order chi connectivity index (χ1) is 28.2. The van der Waals surface area contributed by atoms with Crippen LogP contribution in [0.1, 0.15) is 67.8 Å². The highest BCUT2D eigenvalue weighted by molar-refractivity contribution is 6.07. The number of rotatable bonds is 14. The molecule has 7 rings (SSSR count). The molecule has 0 aliphatic carbocycles. The summed E-state index contributed by atoms with van der Waals surface area (Å²) in [6.07, 6.45) is 11.8. The molecule has 0 atom stereocenters. The van der Waals surface area contributed by atoms with Crippen LogP contribution in [0.15, 0.2) is 59.8 Å². The molecule has 0 spiro atoms. The smallest absolute Gasteiger partial charge is 0.328 e. The van der Waals surface area contributed by atoms with Crippen molar-refractivity contribution < 1.29 is 33.3 Å². The van der Waals surface area contributed by atoms with Gasteiger partial charge in [-0.2, -0.15) is 0 Å². The number of nitrogens with one attached hydrogen (secondary N) is 1. The van der Waals surface area contributed by atoms with Crippen molar-refractivity contribution in [1.82, 2.24) is 24.7 Å². The number of piperidine rings is 2. The summed E-state index contributed by atoms with van der Waals surface area (Å²) >= 11 is 0. The molecule has 1 N–H and O–H groups in total. The Hall–Kier alpha value is -5.47. The second-order valence-corrected chi connectivity index (χ2v) is 15.2. The van der Waals surface area contributed by atoms with Crippen molar-refractivity contribution in [3.05, 3.63) is 76.5 Å². The zero-order chi connectivity index (χ0) is 40.8. The molecule has 308 valence electrons. The molecule has 0 unspecified atom stereocenters. The molecule has 0 radical (unpaired) electrons. The highest BCUT2D eigenvalue weighted by Crippen LogP contribution is 2.38. The highest BCUT2D eigenvalue weighted by Gasteiger charge is 2.31. The number of benzene rings is 2. The second-order valence-electron chi connectivity index (χ2n) is 15.2. The first kappa shape index (κ1) is 40.7. The summed E-state index contributed by atoms with van der Waals surface area (Å²) in [7, 11) is 4.89. The standard InChI is InChI=1S/C44H54N6O8/c1-5-6-17-49-28-36(33-9-16-45-27-35(33)43(49)53)30-25-39(56-3)34(40(26-30)57-4)14-20-47-18-10-31(11-19-47)58-32-12-21-48(22-13-32)42(52)29-7-8-38(55-2)37(24-29)50-23-15-41(51)46-44(50)54/h7-9,16,24-28,31-32H,5-6,10-15,17-23H2,1-4H3,(H,46,51,54). The monoisotopic (exact) mass is 794 g/mol. The van der Waals surface area contributed by atoms with Crippen molar-refractivity contribution >= 4 is 34.3 Å². The predicted octanol–water partition coefficient (Wildman–Crippen LogP) is 5.66. The van der Waals surface area contributed by atoms with Gasteiger partial charge in [-0.05, 0) is 85.9 Å². The number of hydrogen-bond acceptors (Lipinski definition) is 10. The van der Waals surface area contributed by atoms with Gasteiger partial charge in [0.25, 0.3) is 11.5 Å². The Morgan fingerprint density at radius 3 is 2.17 bits per heavy atom. The number of carbonyl (C=O) groups excluding carboxylic acids is 3. The minimum atomic E-state index is -0.526. The summed E-state index contributed by atoms with van der Waals surface area (Å²) in [4.78, 5) is 61.0. The van der Waals surface area contributed by atoms with Crippen molar-refractivity contribution in [2.24, 2.45) is 0 Å². The Morgan fingerprint density at radius 1 is 0.828 bits per heavy atom. The lowest BCUT2D eigenvalue weighted by molar-refractivity contribution is -0.120. The van der Waals surface area contributed by atoms with E-state index in [1.54, 1.807) is 49.4 Å². The summed E-state index contributed by atoms with van der Waals surface area (Å²) in [5.74, 6) is 1.54. The molecule has 3 aliphatic heterocycles. The van der Waals surface area contributed by atoms with Crippen LogP contribution in [-0.4, -0.2) is 110 Å². The van der Waals surface area contributed by atoms with E-state index in [0.29, 0.717) is 42.0 Å². The van der Waals surface area contributed by atoms with Crippen LogP contribution < -0.4 is 30.0 Å². The Labute approximate surface area is 339 Å². The summed E-state index contributed by atoms with van der Waals surface area (Å²) in [5.41, 5.74) is 3.77. The molecule has 2 aromatic heterocycles. The van der Waals surface area contributed by atoms with Crippen molar-refractivity contribution in [2.75, 3.05) is 65.5 Å². The number of anilines is 1. The summed E-state index contributed by atoms with van der Waals surface area (Å²) in [5, 5.41) is 3.78. The van der Waals surface area contributed by atoms with Crippen LogP contribution in [0.3, 0.4) is 0 Å². The number of amides is 4. The number of methoxy groups -OCH3 is 3. The predicted molar refractivity (Wildman–Crippen MR) is 221 cm³/mol. The third kappa shape index (κ3) is 8.82. The molecule has 3 saturated heterocycles. The van der Waals surface area contributed by atoms with Gasteiger partial charge in [0, 0.05) is 87.5 Å². The van der Waals surface area contributed by atoms with Crippen LogP contribution in [0.5, 0.6) is 17.2 Å². The number of urea groups is 1. The summed E-state index contributed by atoms with van der Waals surface area (Å²) < 4.78 is 25.8. The third-order valence-corrected chi connectivity index (χ3v) is 11.7. The highest BCUT2D eigenvalue weighted by atomic mass is 16.5. The number of fused-ring (bicyclic) bond motifs is 1. The fraction of sp³-hybridized carbons (Fsp3) is 0.477. The second kappa shape index (κ2) is 18.4. The Balaban J connectivity index is 0.924. The first-order valence-corrected chi connectivity index (χ1v) is 20.4. The topological polar surface area (TPSA) is 145 Å². The van der Waals surface area contributed by atoms with Crippen LogP contribution in [-0.2, 0) is 22.5 Å². The van der Waals surface area contributed by atoms with Crippen LogP contribution >= 0.6 is 0 Å². The van der Waals surface area contributed by atoms with E-state index in [4.69, 9.17) is 18.9 Å². The van der Waals surface area contributed by atoms with Crippen molar-refractivity contribution in [3.8, 4) is 28.4 Å². The van der Waals surface area contributed by atoms with Gasteiger partial charge >= 0.3 is 6.03 Å². The number of carbonyl (C=O) groups is 3. The van der Waals surface area contributed by atoms with Gasteiger partial charge in [0.15, 0.2) is 0 Å². The third-order valence-electron chi connectivity index (χ3n) is 11.7. The van der Waals surface area contributed by atoms with E-state index < -0.39 is 6.03 Å². The van der Waals surface area contributed by atoms with E-state index in [1.165, 1.54) is 12.0 Å². The minimum Gasteiger partial charge on any atom is -0.496 e. The summed E-state index contributed by atoms with van der Waals surface area (Å²) in [6.45, 7) is 6.84. The molecular weight excluding hydrogens is 741 g/mol. The largest absolute Gasteiger partial charge is 0.496 e. The van der Waals surface area contributed by atoms with Crippen LogP contribution in [0, 0.1) is 0 Å². The van der Waals surface area contributed by atoms with E-state index in [0.717, 1.165) is 98.2 Å². The van der Waals surface area contributed by atoms with Gasteiger partial charge in [0.05, 0.1) is 44.6 Å². The summed E-state index contributed by atoms with van der Waals surface area (Å²) in [6, 6.07) is 10.6. The van der Waals surface area contributed by atoms with E-state index in [9.17, 15) is 19.2 Å². The van der Waals surface area contributed by atoms with Gasteiger partial charge in [-0.3, -0.25) is 29.6 Å². The molecule has 2 aromatic carbocycles. The van der Waals surface area contributed by atoms with Crippen molar-refractivity contribution in [2.45, 2.75) is 77.0 Å². The molecule has 5 heterocycles. The van der Waals surface area contributed by atoms with Gasteiger partial charge in [-0.1, -0.05) is 13.3 Å². The fourth-order valence-electron chi connectivity index (χ4n) is 8.37. The molecule has 4 aromatic rings. The van der Waals surface area contributed by atoms with Gasteiger partial charge < -0.3 is 33.3 Å². The van der Waals surface area contributed by atoms with Gasteiger partial charge in [-0.15, -0.1) is 0 Å². The maximum atomic E-state index is 13.6. The SMILES string of the molecule is CCCCn1cc(-c2cc(OC)c(CCN3CCC(OC4CCN(C(=O)c5ccc(OC)c(N6CCC(=O)NC6=O)c5)CC4)CC3)c(OC)c2)c2ccncc2c1=O. The van der Waals surface area contributed by atoms with Crippen LogP contribution in [0.2, 0.25) is 0 Å². The molecule has 4 amide bonds. The van der Waals surface area contributed by atoms with Gasteiger partial charge in [-0.25, -0.2) is 4.79 Å². The van der Waals surface area contributed by atoms with Gasteiger partial charge in [0.2, 0.25) is 5.91 Å². The van der Waals surface area contributed by atoms with E-state index in [2.05, 4.69) is 34.3 Å². The Morgan fingerprint density at radius 2 is 1.52 bits per heavy atom. The number of imide groups is 1.